The molecule has 1 amide bonds. The Bertz CT molecular complexity index is 1560. The topological polar surface area (TPSA) is 80.6 Å². The molecule has 7 heteroatoms. The van der Waals surface area contributed by atoms with Crippen LogP contribution in [0.15, 0.2) is 60.7 Å². The van der Waals surface area contributed by atoms with Gasteiger partial charge in [0.15, 0.2) is 6.10 Å². The molecular formula is C33H37ClN2O4. The molecule has 0 unspecified atom stereocenters. The number of hydrogen-bond acceptors (Lipinski definition) is 3. The fourth-order valence-corrected chi connectivity index (χ4v) is 5.14. The molecule has 4 rings (SSSR count). The smallest absolute Gasteiger partial charge is 0.344 e. The van der Waals surface area contributed by atoms with Crippen molar-refractivity contribution in [3.8, 4) is 5.75 Å². The quantitative estimate of drug-likeness (QED) is 0.236. The first kappa shape index (κ1) is 29.2. The Hall–Kier alpha value is -3.77. The first-order valence-corrected chi connectivity index (χ1v) is 13.8. The number of rotatable bonds is 8. The highest BCUT2D eigenvalue weighted by molar-refractivity contribution is 6.30. The highest BCUT2D eigenvalue weighted by Gasteiger charge is 2.19. The molecule has 0 aliphatic heterocycles. The van der Waals surface area contributed by atoms with E-state index >= 15 is 0 Å². The lowest BCUT2D eigenvalue weighted by molar-refractivity contribution is -0.144. The van der Waals surface area contributed by atoms with E-state index in [2.05, 4.69) is 54.9 Å². The number of amides is 1. The van der Waals surface area contributed by atoms with E-state index in [0.717, 1.165) is 33.3 Å². The standard InChI is InChI=1S/C33H37ClN2O4/c1-19(23-8-11-25(12-9-23)33(4,5)6)35-31(37)24-10-13-28-29(20(2)36(7)30(28)17-24)16-22-14-26(34)18-27(15-22)40-21(3)32(38)39/h8-15,17-19,21H,16H2,1-7H3,(H,35,37)(H,38,39)/t19-,21+/m0/s1. The van der Waals surface area contributed by atoms with E-state index in [1.54, 1.807) is 6.07 Å². The van der Waals surface area contributed by atoms with Crippen LogP contribution in [0.4, 0.5) is 0 Å². The lowest BCUT2D eigenvalue weighted by Crippen LogP contribution is -2.26. The van der Waals surface area contributed by atoms with Crippen molar-refractivity contribution < 1.29 is 19.4 Å². The summed E-state index contributed by atoms with van der Waals surface area (Å²) >= 11 is 6.33. The summed E-state index contributed by atoms with van der Waals surface area (Å²) in [5.74, 6) is -0.755. The molecule has 0 bridgehead atoms. The van der Waals surface area contributed by atoms with Crippen LogP contribution in [-0.4, -0.2) is 27.7 Å². The van der Waals surface area contributed by atoms with Crippen LogP contribution in [0.5, 0.6) is 5.75 Å². The largest absolute Gasteiger partial charge is 0.479 e. The van der Waals surface area contributed by atoms with Gasteiger partial charge in [0.2, 0.25) is 0 Å². The van der Waals surface area contributed by atoms with Crippen LogP contribution in [0.25, 0.3) is 10.9 Å². The highest BCUT2D eigenvalue weighted by atomic mass is 35.5. The number of hydrogen-bond donors (Lipinski definition) is 2. The van der Waals surface area contributed by atoms with Crippen molar-refractivity contribution in [1.29, 1.82) is 0 Å². The molecule has 210 valence electrons. The van der Waals surface area contributed by atoms with Crippen LogP contribution in [0.2, 0.25) is 5.02 Å². The summed E-state index contributed by atoms with van der Waals surface area (Å²) in [5.41, 5.74) is 7.03. The van der Waals surface area contributed by atoms with E-state index in [0.29, 0.717) is 22.8 Å². The van der Waals surface area contributed by atoms with Crippen molar-refractivity contribution >= 4 is 34.4 Å². The normalized spacial score (nSPS) is 13.2. The Morgan fingerprint density at radius 2 is 1.70 bits per heavy atom. The van der Waals surface area contributed by atoms with Crippen molar-refractivity contribution in [2.45, 2.75) is 65.5 Å². The minimum absolute atomic E-state index is 0.0776. The first-order chi connectivity index (χ1) is 18.7. The average Bonchev–Trinajstić information content (AvgIpc) is 3.12. The molecule has 4 aromatic rings. The highest BCUT2D eigenvalue weighted by Crippen LogP contribution is 2.31. The number of carboxylic acid groups (broad SMARTS) is 1. The Morgan fingerprint density at radius 3 is 2.33 bits per heavy atom. The van der Waals surface area contributed by atoms with Crippen LogP contribution >= 0.6 is 11.6 Å². The van der Waals surface area contributed by atoms with E-state index < -0.39 is 12.1 Å². The number of carbonyl (C=O) groups is 2. The number of fused-ring (bicyclic) bond motifs is 1. The molecule has 0 saturated heterocycles. The molecule has 0 radical (unpaired) electrons. The fourth-order valence-electron chi connectivity index (χ4n) is 4.89. The molecule has 3 aromatic carbocycles. The van der Waals surface area contributed by atoms with Gasteiger partial charge in [-0.25, -0.2) is 4.79 Å². The summed E-state index contributed by atoms with van der Waals surface area (Å²) < 4.78 is 7.64. The second kappa shape index (κ2) is 11.4. The SMILES string of the molecule is Cc1c(Cc2cc(Cl)cc(O[C@H](C)C(=O)O)c2)c2ccc(C(=O)N[C@@H](C)c3ccc(C(C)(C)C)cc3)cc2n1C. The van der Waals surface area contributed by atoms with Crippen LogP contribution in [-0.2, 0) is 23.7 Å². The summed E-state index contributed by atoms with van der Waals surface area (Å²) in [6.45, 7) is 12.1. The number of aryl methyl sites for hydroxylation is 1. The summed E-state index contributed by atoms with van der Waals surface area (Å²) in [7, 11) is 1.99. The van der Waals surface area contributed by atoms with Gasteiger partial charge < -0.3 is 19.7 Å². The van der Waals surface area contributed by atoms with E-state index in [-0.39, 0.29) is 17.4 Å². The number of carboxylic acids is 1. The molecule has 0 spiro atoms. The second-order valence-electron chi connectivity index (χ2n) is 11.5. The maximum absolute atomic E-state index is 13.2. The predicted molar refractivity (Wildman–Crippen MR) is 161 cm³/mol. The molecule has 0 fully saturated rings. The number of halogens is 1. The molecule has 2 atom stereocenters. The number of ether oxygens (including phenoxy) is 1. The van der Waals surface area contributed by atoms with Gasteiger partial charge in [-0.1, -0.05) is 62.7 Å². The lowest BCUT2D eigenvalue weighted by atomic mass is 9.86. The van der Waals surface area contributed by atoms with Crippen molar-refractivity contribution in [3.05, 3.63) is 99.2 Å². The fraction of sp³-hybridized carbons (Fsp3) is 0.333. The van der Waals surface area contributed by atoms with Gasteiger partial charge in [0.05, 0.1) is 6.04 Å². The Balaban J connectivity index is 1.56. The second-order valence-corrected chi connectivity index (χ2v) is 11.9. The number of aliphatic carboxylic acids is 1. The number of nitrogens with one attached hydrogen (secondary N) is 1. The minimum Gasteiger partial charge on any atom is -0.479 e. The van der Waals surface area contributed by atoms with E-state index in [1.165, 1.54) is 12.5 Å². The predicted octanol–water partition coefficient (Wildman–Crippen LogP) is 7.37. The summed E-state index contributed by atoms with van der Waals surface area (Å²) in [6.07, 6.45) is -0.407. The number of benzene rings is 3. The van der Waals surface area contributed by atoms with Gasteiger partial charge in [0.1, 0.15) is 5.75 Å². The van der Waals surface area contributed by atoms with Crippen LogP contribution in [0.1, 0.15) is 79.0 Å². The maximum Gasteiger partial charge on any atom is 0.344 e. The number of carbonyl (C=O) groups excluding carboxylic acids is 1. The zero-order valence-corrected chi connectivity index (χ0v) is 24.9. The Kier molecular flexibility index (Phi) is 8.31. The molecule has 1 heterocycles. The molecule has 6 nitrogen and oxygen atoms in total. The average molecular weight is 561 g/mol. The van der Waals surface area contributed by atoms with Crippen molar-refractivity contribution in [1.82, 2.24) is 9.88 Å². The van der Waals surface area contributed by atoms with Gasteiger partial charge in [-0.15, -0.1) is 0 Å². The molecule has 1 aromatic heterocycles. The van der Waals surface area contributed by atoms with Crippen molar-refractivity contribution in [2.24, 2.45) is 7.05 Å². The zero-order chi connectivity index (χ0) is 29.4. The molecule has 0 aliphatic rings. The minimum atomic E-state index is -1.04. The third-order valence-electron chi connectivity index (χ3n) is 7.48. The van der Waals surface area contributed by atoms with Crippen molar-refractivity contribution in [3.63, 3.8) is 0 Å². The van der Waals surface area contributed by atoms with E-state index in [1.807, 2.05) is 51.2 Å². The van der Waals surface area contributed by atoms with E-state index in [9.17, 15) is 14.7 Å². The van der Waals surface area contributed by atoms with Crippen LogP contribution in [0.3, 0.4) is 0 Å². The van der Waals surface area contributed by atoms with Gasteiger partial charge in [-0.3, -0.25) is 4.79 Å². The Morgan fingerprint density at radius 1 is 1.02 bits per heavy atom. The lowest BCUT2D eigenvalue weighted by Gasteiger charge is -2.20. The van der Waals surface area contributed by atoms with Gasteiger partial charge in [-0.2, -0.15) is 0 Å². The zero-order valence-electron chi connectivity index (χ0n) is 24.1. The Labute approximate surface area is 240 Å². The molecule has 40 heavy (non-hydrogen) atoms. The summed E-state index contributed by atoms with van der Waals surface area (Å²) in [5, 5.41) is 13.8. The van der Waals surface area contributed by atoms with Gasteiger partial charge in [-0.05, 0) is 78.8 Å². The maximum atomic E-state index is 13.2. The van der Waals surface area contributed by atoms with Crippen molar-refractivity contribution in [2.75, 3.05) is 0 Å². The van der Waals surface area contributed by atoms with Crippen LogP contribution < -0.4 is 10.1 Å². The summed E-state index contributed by atoms with van der Waals surface area (Å²) in [6, 6.07) is 19.3. The number of aromatic nitrogens is 1. The monoisotopic (exact) mass is 560 g/mol. The van der Waals surface area contributed by atoms with E-state index in [4.69, 9.17) is 16.3 Å². The third-order valence-corrected chi connectivity index (χ3v) is 7.70. The van der Waals surface area contributed by atoms with Gasteiger partial charge in [0, 0.05) is 40.7 Å². The van der Waals surface area contributed by atoms with Gasteiger partial charge in [0.25, 0.3) is 5.91 Å². The summed E-state index contributed by atoms with van der Waals surface area (Å²) in [4.78, 5) is 24.4. The first-order valence-electron chi connectivity index (χ1n) is 13.4. The van der Waals surface area contributed by atoms with Crippen LogP contribution in [0, 0.1) is 6.92 Å². The molecule has 2 N–H and O–H groups in total. The van der Waals surface area contributed by atoms with Gasteiger partial charge >= 0.3 is 5.97 Å². The molecular weight excluding hydrogens is 524 g/mol. The molecule has 0 aliphatic carbocycles. The third kappa shape index (κ3) is 6.34. The molecule has 0 saturated carbocycles. The number of nitrogens with zero attached hydrogens (tertiary/aromatic N) is 1.